The SMILES string of the molecule is CCOC(=O)C(Cc1ccccc1)NC(=O)OC1CC(C)(C)C(/C=C/C(C)=C/C=C/C(C)=C/C=C/C=C(C)/C=C/C=C(C)/C=C/C2=C(C)C(=O)C(OC(=O)NC(Cc3ccccc3)C(=O)OCC)CC2(C)C)=C(C)C1=O. The highest BCUT2D eigenvalue weighted by Crippen LogP contribution is 2.42. The summed E-state index contributed by atoms with van der Waals surface area (Å²) in [5.41, 5.74) is 7.59. The summed E-state index contributed by atoms with van der Waals surface area (Å²) in [6.07, 6.45) is 25.2. The van der Waals surface area contributed by atoms with E-state index in [1.807, 2.05) is 201 Å². The fourth-order valence-corrected chi connectivity index (χ4v) is 8.94. The first kappa shape index (κ1) is 61.0. The Balaban J connectivity index is 1.28. The third-order valence-electron chi connectivity index (χ3n) is 13.1. The predicted molar refractivity (Wildman–Crippen MR) is 301 cm³/mol. The summed E-state index contributed by atoms with van der Waals surface area (Å²) in [5.74, 6) is -1.70. The van der Waals surface area contributed by atoms with Crippen molar-refractivity contribution in [3.8, 4) is 0 Å². The molecule has 0 aliphatic heterocycles. The maximum Gasteiger partial charge on any atom is 0.408 e. The Hall–Kier alpha value is -7.60. The highest BCUT2D eigenvalue weighted by Gasteiger charge is 2.42. The van der Waals surface area contributed by atoms with Crippen LogP contribution in [0.3, 0.4) is 0 Å². The molecule has 4 rings (SSSR count). The van der Waals surface area contributed by atoms with E-state index >= 15 is 0 Å². The van der Waals surface area contributed by atoms with E-state index in [0.717, 1.165) is 44.6 Å². The highest BCUT2D eigenvalue weighted by molar-refractivity contribution is 6.02. The van der Waals surface area contributed by atoms with Crippen molar-refractivity contribution >= 4 is 35.7 Å². The number of ether oxygens (including phenoxy) is 4. The van der Waals surface area contributed by atoms with Crippen molar-refractivity contribution in [2.75, 3.05) is 13.2 Å². The van der Waals surface area contributed by atoms with Crippen LogP contribution in [0.15, 0.2) is 190 Å². The standard InChI is InChI=1S/C64H78N2O10/c1-13-73-59(69)53(39-49-31-17-15-18-32-49)65-61(71)75-55-41-63(9,10)51(47(7)57(55)67)37-35-45(5)29-23-27-43(3)25-21-22-26-44(4)28-24-30-46(6)36-38-52-48(8)58(68)56(42-64(52,11)12)76-62(72)66-54(60(70)74-14-2)40-50-33-19-16-20-34-50/h15-38,53-56H,13-14,39-42H2,1-12H3,(H,65,71)(H,66,72)/b22-21+,27-23+,28-24+,37-35+,38-36+,43-25+,44-26+,45-29+,46-30+. The van der Waals surface area contributed by atoms with Gasteiger partial charge < -0.3 is 29.6 Å². The van der Waals surface area contributed by atoms with Gasteiger partial charge in [0.1, 0.15) is 12.1 Å². The van der Waals surface area contributed by atoms with E-state index in [0.29, 0.717) is 11.1 Å². The number of alkyl carbamates (subject to hydrolysis) is 2. The second-order valence-electron chi connectivity index (χ2n) is 20.5. The van der Waals surface area contributed by atoms with Crippen LogP contribution in [-0.2, 0) is 51.0 Å². The molecule has 0 heterocycles. The first-order valence-electron chi connectivity index (χ1n) is 26.0. The van der Waals surface area contributed by atoms with Gasteiger partial charge in [0, 0.05) is 25.7 Å². The van der Waals surface area contributed by atoms with Crippen molar-refractivity contribution in [2.45, 2.75) is 133 Å². The van der Waals surface area contributed by atoms with Crippen LogP contribution in [0.2, 0.25) is 0 Å². The van der Waals surface area contributed by atoms with Gasteiger partial charge in [0.15, 0.2) is 23.8 Å². The smallest absolute Gasteiger partial charge is 0.408 e. The number of rotatable bonds is 22. The zero-order valence-electron chi connectivity index (χ0n) is 46.5. The topological polar surface area (TPSA) is 163 Å². The summed E-state index contributed by atoms with van der Waals surface area (Å²) >= 11 is 0. The van der Waals surface area contributed by atoms with E-state index in [9.17, 15) is 28.8 Å². The molecular weight excluding hydrogens is 957 g/mol. The molecule has 0 bridgehead atoms. The molecule has 0 saturated carbocycles. The molecule has 2 amide bonds. The van der Waals surface area contributed by atoms with Crippen molar-refractivity contribution in [3.05, 3.63) is 201 Å². The van der Waals surface area contributed by atoms with Crippen LogP contribution in [0.25, 0.3) is 0 Å². The Kier molecular flexibility index (Phi) is 23.6. The fraction of sp³-hybridized carbons (Fsp3) is 0.375. The Morgan fingerprint density at radius 1 is 0.539 bits per heavy atom. The molecule has 0 radical (unpaired) electrons. The van der Waals surface area contributed by atoms with Gasteiger partial charge in [0.25, 0.3) is 0 Å². The van der Waals surface area contributed by atoms with Gasteiger partial charge in [-0.15, -0.1) is 0 Å². The number of Topliss-reactive ketones (excluding diaryl/α,β-unsaturated/α-hetero) is 2. The van der Waals surface area contributed by atoms with Crippen LogP contribution in [0.5, 0.6) is 0 Å². The second kappa shape index (κ2) is 29.5. The molecule has 12 heteroatoms. The minimum atomic E-state index is -0.998. The summed E-state index contributed by atoms with van der Waals surface area (Å²) in [4.78, 5) is 78.5. The van der Waals surface area contributed by atoms with E-state index in [4.69, 9.17) is 18.9 Å². The number of esters is 2. The zero-order chi connectivity index (χ0) is 56.0. The molecule has 2 aliphatic carbocycles. The summed E-state index contributed by atoms with van der Waals surface area (Å²) < 4.78 is 21.7. The number of carbonyl (C=O) groups is 6. The second-order valence-corrected chi connectivity index (χ2v) is 20.5. The molecule has 0 spiro atoms. The third-order valence-corrected chi connectivity index (χ3v) is 13.1. The summed E-state index contributed by atoms with van der Waals surface area (Å²) in [6.45, 7) is 23.3. The Labute approximate surface area is 450 Å². The maximum absolute atomic E-state index is 13.5. The summed E-state index contributed by atoms with van der Waals surface area (Å²) in [5, 5.41) is 5.25. The van der Waals surface area contributed by atoms with E-state index in [1.165, 1.54) is 0 Å². The van der Waals surface area contributed by atoms with Crippen LogP contribution in [0.4, 0.5) is 9.59 Å². The van der Waals surface area contributed by atoms with Crippen molar-refractivity contribution in [3.63, 3.8) is 0 Å². The molecule has 4 unspecified atom stereocenters. The predicted octanol–water partition coefficient (Wildman–Crippen LogP) is 12.7. The lowest BCUT2D eigenvalue weighted by atomic mass is 9.71. The van der Waals surface area contributed by atoms with Gasteiger partial charge in [0.2, 0.25) is 0 Å². The average molecular weight is 1040 g/mol. The summed E-state index contributed by atoms with van der Waals surface area (Å²) in [6, 6.07) is 16.6. The number of ketones is 2. The number of carbonyl (C=O) groups excluding carboxylic acids is 6. The highest BCUT2D eigenvalue weighted by atomic mass is 16.6. The average Bonchev–Trinajstić information content (AvgIpc) is 3.36. The molecule has 0 aromatic heterocycles. The number of hydrogen-bond acceptors (Lipinski definition) is 10. The van der Waals surface area contributed by atoms with Crippen molar-refractivity contribution < 1.29 is 47.7 Å². The molecule has 4 atom stereocenters. The Morgan fingerprint density at radius 3 is 1.21 bits per heavy atom. The molecule has 12 nitrogen and oxygen atoms in total. The van der Waals surface area contributed by atoms with Crippen LogP contribution in [0.1, 0.15) is 107 Å². The first-order valence-corrected chi connectivity index (χ1v) is 26.0. The van der Waals surface area contributed by atoms with Crippen molar-refractivity contribution in [1.29, 1.82) is 0 Å². The van der Waals surface area contributed by atoms with Crippen molar-refractivity contribution in [1.82, 2.24) is 10.6 Å². The number of hydrogen-bond donors (Lipinski definition) is 2. The van der Waals surface area contributed by atoms with E-state index in [-0.39, 0.29) is 50.5 Å². The monoisotopic (exact) mass is 1030 g/mol. The molecule has 2 aliphatic rings. The molecule has 404 valence electrons. The van der Waals surface area contributed by atoms with Crippen LogP contribution in [0, 0.1) is 10.8 Å². The molecule has 2 aromatic carbocycles. The van der Waals surface area contributed by atoms with Crippen LogP contribution < -0.4 is 10.6 Å². The minimum absolute atomic E-state index is 0.163. The van der Waals surface area contributed by atoms with Crippen LogP contribution in [-0.4, -0.2) is 73.2 Å². The number of nitrogens with one attached hydrogen (secondary N) is 2. The van der Waals surface area contributed by atoms with Gasteiger partial charge in [-0.25, -0.2) is 19.2 Å². The summed E-state index contributed by atoms with van der Waals surface area (Å²) in [7, 11) is 0. The number of amides is 2. The number of allylic oxidation sites excluding steroid dienone is 20. The third kappa shape index (κ3) is 19.3. The van der Waals surface area contributed by atoms with Gasteiger partial charge in [0.05, 0.1) is 13.2 Å². The van der Waals surface area contributed by atoms with Gasteiger partial charge in [-0.05, 0) is 99.6 Å². The molecule has 2 aromatic rings. The van der Waals surface area contributed by atoms with Gasteiger partial charge >= 0.3 is 24.1 Å². The van der Waals surface area contributed by atoms with Gasteiger partial charge in [-0.3, -0.25) is 9.59 Å². The molecular formula is C64H78N2O10. The quantitative estimate of drug-likeness (QED) is 0.0659. The molecule has 0 fully saturated rings. The molecule has 2 N–H and O–H groups in total. The van der Waals surface area contributed by atoms with E-state index in [2.05, 4.69) is 10.6 Å². The van der Waals surface area contributed by atoms with Gasteiger partial charge in [-0.1, -0.05) is 196 Å². The lowest BCUT2D eigenvalue weighted by molar-refractivity contribution is -0.146. The largest absolute Gasteiger partial charge is 0.464 e. The first-order chi connectivity index (χ1) is 36.0. The van der Waals surface area contributed by atoms with Crippen molar-refractivity contribution in [2.24, 2.45) is 10.8 Å². The fourth-order valence-electron chi connectivity index (χ4n) is 8.94. The lowest BCUT2D eigenvalue weighted by Crippen LogP contribution is -2.47. The minimum Gasteiger partial charge on any atom is -0.464 e. The van der Waals surface area contributed by atoms with Gasteiger partial charge in [-0.2, -0.15) is 0 Å². The van der Waals surface area contributed by atoms with E-state index in [1.54, 1.807) is 27.7 Å². The lowest BCUT2D eigenvalue weighted by Gasteiger charge is -2.36. The molecule has 76 heavy (non-hydrogen) atoms. The normalized spacial score (nSPS) is 19.5. The van der Waals surface area contributed by atoms with Crippen LogP contribution >= 0.6 is 0 Å². The Bertz CT molecular complexity index is 2570. The molecule has 0 saturated heterocycles. The maximum atomic E-state index is 13.5. The number of benzene rings is 2. The zero-order valence-corrected chi connectivity index (χ0v) is 46.5. The Morgan fingerprint density at radius 2 is 0.868 bits per heavy atom. The van der Waals surface area contributed by atoms with E-state index < -0.39 is 59.2 Å².